The summed E-state index contributed by atoms with van der Waals surface area (Å²) >= 11 is 0. The van der Waals surface area contributed by atoms with Crippen molar-refractivity contribution < 1.29 is 9.47 Å². The minimum atomic E-state index is -0.0476. The van der Waals surface area contributed by atoms with Crippen molar-refractivity contribution in [1.82, 2.24) is 4.98 Å². The molecule has 0 bridgehead atoms. The number of aromatic nitrogens is 1. The highest BCUT2D eigenvalue weighted by atomic mass is 16.5. The Balaban J connectivity index is 2.76. The molecule has 0 aliphatic carbocycles. The molecule has 0 aliphatic heterocycles. The highest BCUT2D eigenvalue weighted by Gasteiger charge is 2.07. The van der Waals surface area contributed by atoms with Gasteiger partial charge in [-0.3, -0.25) is 4.79 Å². The van der Waals surface area contributed by atoms with Crippen molar-refractivity contribution in [2.45, 2.75) is 6.92 Å². The summed E-state index contributed by atoms with van der Waals surface area (Å²) in [5.41, 5.74) is 0.656. The van der Waals surface area contributed by atoms with Crippen LogP contribution in [0.1, 0.15) is 6.92 Å². The zero-order chi connectivity index (χ0) is 11.5. The standard InChI is InChI=1S/C12H13NO3/c1-3-16-11-7-8(15-2)6-9-10(14)4-5-13-12(9)11/h4-7H,3H2,1-2H3,(H,13,14). The molecule has 0 spiro atoms. The van der Waals surface area contributed by atoms with Crippen LogP contribution in [0.3, 0.4) is 0 Å². The Morgan fingerprint density at radius 2 is 2.19 bits per heavy atom. The molecule has 16 heavy (non-hydrogen) atoms. The number of pyridine rings is 1. The van der Waals surface area contributed by atoms with Gasteiger partial charge in [-0.25, -0.2) is 0 Å². The molecule has 2 aromatic rings. The van der Waals surface area contributed by atoms with Crippen molar-refractivity contribution in [3.8, 4) is 11.5 Å². The second kappa shape index (κ2) is 4.26. The van der Waals surface area contributed by atoms with Crippen LogP contribution in [-0.4, -0.2) is 18.7 Å². The number of benzene rings is 1. The van der Waals surface area contributed by atoms with E-state index in [1.165, 1.54) is 6.07 Å². The third-order valence-corrected chi connectivity index (χ3v) is 2.34. The van der Waals surface area contributed by atoms with E-state index in [2.05, 4.69) is 4.98 Å². The number of rotatable bonds is 3. The average molecular weight is 219 g/mol. The van der Waals surface area contributed by atoms with Crippen molar-refractivity contribution in [2.75, 3.05) is 13.7 Å². The van der Waals surface area contributed by atoms with Gasteiger partial charge in [-0.15, -0.1) is 0 Å². The first-order chi connectivity index (χ1) is 7.76. The average Bonchev–Trinajstić information content (AvgIpc) is 2.30. The quantitative estimate of drug-likeness (QED) is 0.858. The van der Waals surface area contributed by atoms with Gasteiger partial charge < -0.3 is 14.5 Å². The fourth-order valence-electron chi connectivity index (χ4n) is 1.61. The molecule has 4 nitrogen and oxygen atoms in total. The summed E-state index contributed by atoms with van der Waals surface area (Å²) in [6, 6.07) is 4.95. The molecule has 0 fully saturated rings. The Morgan fingerprint density at radius 3 is 2.88 bits per heavy atom. The molecule has 1 aromatic heterocycles. The van der Waals surface area contributed by atoms with Crippen LogP contribution < -0.4 is 14.9 Å². The minimum absolute atomic E-state index is 0.0476. The van der Waals surface area contributed by atoms with Crippen LogP contribution in [0.4, 0.5) is 0 Å². The van der Waals surface area contributed by atoms with E-state index in [0.29, 0.717) is 29.0 Å². The predicted molar refractivity (Wildman–Crippen MR) is 62.3 cm³/mol. The number of fused-ring (bicyclic) bond motifs is 1. The Hall–Kier alpha value is -1.97. The number of H-pyrrole nitrogens is 1. The monoisotopic (exact) mass is 219 g/mol. The van der Waals surface area contributed by atoms with Gasteiger partial charge in [0.1, 0.15) is 11.5 Å². The molecule has 1 N–H and O–H groups in total. The van der Waals surface area contributed by atoms with Crippen molar-refractivity contribution in [3.05, 3.63) is 34.6 Å². The van der Waals surface area contributed by atoms with E-state index in [1.807, 2.05) is 6.92 Å². The molecule has 84 valence electrons. The Bertz CT molecular complexity index is 560. The van der Waals surface area contributed by atoms with E-state index in [1.54, 1.807) is 25.4 Å². The number of hydrogen-bond donors (Lipinski definition) is 1. The van der Waals surface area contributed by atoms with E-state index in [0.717, 1.165) is 0 Å². The number of nitrogens with one attached hydrogen (secondary N) is 1. The number of hydrogen-bond acceptors (Lipinski definition) is 3. The first-order valence-electron chi connectivity index (χ1n) is 5.08. The molecule has 2 rings (SSSR count). The van der Waals surface area contributed by atoms with E-state index in [-0.39, 0.29) is 5.43 Å². The SMILES string of the molecule is CCOc1cc(OC)cc2c(=O)cc[nH]c12. The van der Waals surface area contributed by atoms with Crippen LogP contribution in [0.2, 0.25) is 0 Å². The van der Waals surface area contributed by atoms with E-state index in [9.17, 15) is 4.79 Å². The summed E-state index contributed by atoms with van der Waals surface area (Å²) in [5, 5.41) is 0.574. The largest absolute Gasteiger partial charge is 0.497 e. The summed E-state index contributed by atoms with van der Waals surface area (Å²) in [7, 11) is 1.56. The van der Waals surface area contributed by atoms with Gasteiger partial charge in [-0.05, 0) is 13.0 Å². The summed E-state index contributed by atoms with van der Waals surface area (Å²) in [5.74, 6) is 1.25. The Labute approximate surface area is 92.8 Å². The molecule has 0 saturated carbocycles. The third-order valence-electron chi connectivity index (χ3n) is 2.34. The maximum atomic E-state index is 11.7. The molecule has 1 heterocycles. The molecule has 4 heteroatoms. The van der Waals surface area contributed by atoms with Gasteiger partial charge >= 0.3 is 0 Å². The highest BCUT2D eigenvalue weighted by Crippen LogP contribution is 2.27. The van der Waals surface area contributed by atoms with Gasteiger partial charge in [0.15, 0.2) is 5.43 Å². The summed E-state index contributed by atoms with van der Waals surface area (Å²) < 4.78 is 10.6. The lowest BCUT2D eigenvalue weighted by Gasteiger charge is -2.09. The number of ether oxygens (including phenoxy) is 2. The first kappa shape index (κ1) is 10.5. The predicted octanol–water partition coefficient (Wildman–Crippen LogP) is 1.94. The van der Waals surface area contributed by atoms with Crippen LogP contribution in [-0.2, 0) is 0 Å². The fraction of sp³-hybridized carbons (Fsp3) is 0.250. The van der Waals surface area contributed by atoms with Crippen molar-refractivity contribution >= 4 is 10.9 Å². The molecular weight excluding hydrogens is 206 g/mol. The molecule has 0 amide bonds. The maximum absolute atomic E-state index is 11.7. The van der Waals surface area contributed by atoms with Gasteiger partial charge in [0, 0.05) is 18.3 Å². The molecule has 0 aliphatic rings. The maximum Gasteiger partial charge on any atom is 0.189 e. The summed E-state index contributed by atoms with van der Waals surface area (Å²) in [4.78, 5) is 14.7. The van der Waals surface area contributed by atoms with Gasteiger partial charge in [0.25, 0.3) is 0 Å². The van der Waals surface area contributed by atoms with E-state index < -0.39 is 0 Å². The lowest BCUT2D eigenvalue weighted by molar-refractivity contribution is 0.339. The van der Waals surface area contributed by atoms with Gasteiger partial charge in [0.2, 0.25) is 0 Å². The van der Waals surface area contributed by atoms with E-state index in [4.69, 9.17) is 9.47 Å². The van der Waals surface area contributed by atoms with Crippen LogP contribution in [0.25, 0.3) is 10.9 Å². The number of methoxy groups -OCH3 is 1. The lowest BCUT2D eigenvalue weighted by Crippen LogP contribution is -2.03. The van der Waals surface area contributed by atoms with Gasteiger partial charge in [-0.2, -0.15) is 0 Å². The zero-order valence-corrected chi connectivity index (χ0v) is 9.24. The van der Waals surface area contributed by atoms with Crippen molar-refractivity contribution in [3.63, 3.8) is 0 Å². The van der Waals surface area contributed by atoms with Crippen LogP contribution in [0.5, 0.6) is 11.5 Å². The second-order valence-electron chi connectivity index (χ2n) is 3.32. The minimum Gasteiger partial charge on any atom is -0.497 e. The van der Waals surface area contributed by atoms with Crippen LogP contribution >= 0.6 is 0 Å². The fourth-order valence-corrected chi connectivity index (χ4v) is 1.61. The molecule has 0 atom stereocenters. The normalized spacial score (nSPS) is 10.4. The molecular formula is C12H13NO3. The lowest BCUT2D eigenvalue weighted by atomic mass is 10.2. The zero-order valence-electron chi connectivity index (χ0n) is 9.24. The molecule has 0 unspecified atom stereocenters. The highest BCUT2D eigenvalue weighted by molar-refractivity contribution is 5.85. The molecule has 0 saturated heterocycles. The van der Waals surface area contributed by atoms with E-state index >= 15 is 0 Å². The Kier molecular flexibility index (Phi) is 2.81. The number of aromatic amines is 1. The molecule has 0 radical (unpaired) electrons. The van der Waals surface area contributed by atoms with Crippen molar-refractivity contribution in [2.24, 2.45) is 0 Å². The second-order valence-corrected chi connectivity index (χ2v) is 3.32. The topological polar surface area (TPSA) is 51.3 Å². The third kappa shape index (κ3) is 1.74. The van der Waals surface area contributed by atoms with Gasteiger partial charge in [-0.1, -0.05) is 0 Å². The van der Waals surface area contributed by atoms with Crippen LogP contribution in [0, 0.1) is 0 Å². The first-order valence-corrected chi connectivity index (χ1v) is 5.08. The summed E-state index contributed by atoms with van der Waals surface area (Å²) in [6.45, 7) is 2.44. The summed E-state index contributed by atoms with van der Waals surface area (Å²) in [6.07, 6.45) is 1.61. The smallest absolute Gasteiger partial charge is 0.189 e. The van der Waals surface area contributed by atoms with Gasteiger partial charge in [0.05, 0.1) is 24.6 Å². The van der Waals surface area contributed by atoms with Crippen molar-refractivity contribution in [1.29, 1.82) is 0 Å². The van der Waals surface area contributed by atoms with Crippen LogP contribution in [0.15, 0.2) is 29.2 Å². The molecule has 1 aromatic carbocycles. The Morgan fingerprint density at radius 1 is 1.38 bits per heavy atom.